The zero-order chi connectivity index (χ0) is 18.7. The van der Waals surface area contributed by atoms with E-state index in [0.717, 1.165) is 13.2 Å². The van der Waals surface area contributed by atoms with E-state index in [9.17, 15) is 19.8 Å². The van der Waals surface area contributed by atoms with E-state index in [1.807, 2.05) is 0 Å². The number of carboxylic acids is 2. The minimum atomic E-state index is -2.04. The molecule has 1 unspecified atom stereocenters. The lowest BCUT2D eigenvalue weighted by atomic mass is 9.75. The van der Waals surface area contributed by atoms with Crippen molar-refractivity contribution in [2.45, 2.75) is 63.5 Å². The van der Waals surface area contributed by atoms with Crippen LogP contribution in [0.15, 0.2) is 0 Å². The average Bonchev–Trinajstić information content (AvgIpc) is 3.26. The second-order valence-electron chi connectivity index (χ2n) is 8.72. The Morgan fingerprint density at radius 3 is 1.80 bits per heavy atom. The fourth-order valence-electron chi connectivity index (χ4n) is 4.40. The second kappa shape index (κ2) is 5.64. The van der Waals surface area contributed by atoms with Gasteiger partial charge in [-0.05, 0) is 27.7 Å². The number of hydrogen-bond donors (Lipinski definition) is 2. The molecule has 2 N–H and O–H groups in total. The Balaban J connectivity index is 1.80. The SMILES string of the molecule is CC1(C)CC2(CC(C)(C)N1CC1CO1)OCC(C(=O)O)(C(=O)O)CO2. The fourth-order valence-corrected chi connectivity index (χ4v) is 4.40. The Bertz CT molecular complexity index is 538. The van der Waals surface area contributed by atoms with Gasteiger partial charge in [-0.2, -0.15) is 0 Å². The summed E-state index contributed by atoms with van der Waals surface area (Å²) < 4.78 is 17.1. The van der Waals surface area contributed by atoms with E-state index in [0.29, 0.717) is 12.8 Å². The minimum Gasteiger partial charge on any atom is -0.480 e. The summed E-state index contributed by atoms with van der Waals surface area (Å²) in [7, 11) is 0. The van der Waals surface area contributed by atoms with E-state index in [2.05, 4.69) is 32.6 Å². The van der Waals surface area contributed by atoms with Gasteiger partial charge in [-0.1, -0.05) is 0 Å². The van der Waals surface area contributed by atoms with Gasteiger partial charge in [0.2, 0.25) is 5.41 Å². The van der Waals surface area contributed by atoms with Crippen LogP contribution in [0.5, 0.6) is 0 Å². The smallest absolute Gasteiger partial charge is 0.325 e. The molecule has 0 aromatic heterocycles. The van der Waals surface area contributed by atoms with E-state index in [1.165, 1.54) is 0 Å². The van der Waals surface area contributed by atoms with Crippen molar-refractivity contribution in [1.29, 1.82) is 0 Å². The number of hydrogen-bond acceptors (Lipinski definition) is 6. The molecule has 8 nitrogen and oxygen atoms in total. The van der Waals surface area contributed by atoms with E-state index in [-0.39, 0.29) is 17.2 Å². The van der Waals surface area contributed by atoms with Gasteiger partial charge in [0.05, 0.1) is 25.9 Å². The van der Waals surface area contributed by atoms with Crippen LogP contribution in [0.1, 0.15) is 40.5 Å². The first-order valence-electron chi connectivity index (χ1n) is 8.57. The highest BCUT2D eigenvalue weighted by Gasteiger charge is 2.60. The number of carboxylic acid groups (broad SMARTS) is 2. The lowest BCUT2D eigenvalue weighted by Gasteiger charge is -2.60. The molecule has 142 valence electrons. The third-order valence-corrected chi connectivity index (χ3v) is 5.64. The van der Waals surface area contributed by atoms with Crippen LogP contribution < -0.4 is 0 Å². The first-order valence-corrected chi connectivity index (χ1v) is 8.57. The number of ether oxygens (including phenoxy) is 3. The summed E-state index contributed by atoms with van der Waals surface area (Å²) in [6, 6.07) is 0. The Kier molecular flexibility index (Phi) is 4.19. The molecule has 25 heavy (non-hydrogen) atoms. The molecule has 0 radical (unpaired) electrons. The predicted octanol–water partition coefficient (Wildman–Crippen LogP) is 0.937. The van der Waals surface area contributed by atoms with Crippen molar-refractivity contribution in [1.82, 2.24) is 4.90 Å². The molecule has 3 rings (SSSR count). The second-order valence-corrected chi connectivity index (χ2v) is 8.72. The summed E-state index contributed by atoms with van der Waals surface area (Å²) >= 11 is 0. The molecule has 3 heterocycles. The maximum Gasteiger partial charge on any atom is 0.325 e. The van der Waals surface area contributed by atoms with Crippen molar-refractivity contribution >= 4 is 11.9 Å². The van der Waals surface area contributed by atoms with Crippen molar-refractivity contribution in [2.24, 2.45) is 5.41 Å². The Morgan fingerprint density at radius 2 is 1.44 bits per heavy atom. The molecule has 0 aromatic rings. The van der Waals surface area contributed by atoms with Gasteiger partial charge in [0.25, 0.3) is 0 Å². The molecule has 3 saturated heterocycles. The van der Waals surface area contributed by atoms with Crippen molar-refractivity contribution < 1.29 is 34.0 Å². The van der Waals surface area contributed by atoms with Crippen LogP contribution in [0, 0.1) is 5.41 Å². The number of aliphatic carboxylic acids is 2. The number of piperidine rings is 1. The first kappa shape index (κ1) is 18.6. The van der Waals surface area contributed by atoms with Crippen molar-refractivity contribution in [3.05, 3.63) is 0 Å². The zero-order valence-electron chi connectivity index (χ0n) is 15.2. The monoisotopic (exact) mass is 357 g/mol. The molecule has 0 amide bonds. The van der Waals surface area contributed by atoms with Crippen LogP contribution in [-0.2, 0) is 23.8 Å². The highest BCUT2D eigenvalue weighted by molar-refractivity contribution is 5.98. The maximum absolute atomic E-state index is 11.5. The van der Waals surface area contributed by atoms with Gasteiger partial charge < -0.3 is 24.4 Å². The molecule has 0 aromatic carbocycles. The Labute approximate surface area is 147 Å². The Hall–Kier alpha value is -1.22. The van der Waals surface area contributed by atoms with Gasteiger partial charge in [-0.3, -0.25) is 14.5 Å². The summed E-state index contributed by atoms with van der Waals surface area (Å²) in [5.74, 6) is -3.84. The molecule has 1 atom stereocenters. The molecular formula is C17H27NO7. The number of carbonyl (C=O) groups is 2. The van der Waals surface area contributed by atoms with Gasteiger partial charge in [-0.25, -0.2) is 0 Å². The first-order chi connectivity index (χ1) is 11.4. The van der Waals surface area contributed by atoms with Crippen LogP contribution in [-0.4, -0.2) is 76.4 Å². The summed E-state index contributed by atoms with van der Waals surface area (Å²) in [5.41, 5.74) is -2.57. The van der Waals surface area contributed by atoms with Crippen LogP contribution in [0.4, 0.5) is 0 Å². The lowest BCUT2D eigenvalue weighted by molar-refractivity contribution is -0.336. The summed E-state index contributed by atoms with van der Waals surface area (Å²) in [6.07, 6.45) is 1.32. The summed E-state index contributed by atoms with van der Waals surface area (Å²) in [5, 5.41) is 18.7. The molecule has 1 spiro atoms. The van der Waals surface area contributed by atoms with Crippen molar-refractivity contribution in [3.63, 3.8) is 0 Å². The molecule has 8 heteroatoms. The molecule has 0 bridgehead atoms. The normalized spacial score (nSPS) is 32.2. The van der Waals surface area contributed by atoms with Gasteiger partial charge in [0, 0.05) is 30.5 Å². The minimum absolute atomic E-state index is 0.257. The highest BCUT2D eigenvalue weighted by atomic mass is 16.7. The number of epoxide rings is 1. The van der Waals surface area contributed by atoms with Gasteiger partial charge in [-0.15, -0.1) is 0 Å². The summed E-state index contributed by atoms with van der Waals surface area (Å²) in [4.78, 5) is 25.3. The summed E-state index contributed by atoms with van der Waals surface area (Å²) in [6.45, 7) is 9.21. The van der Waals surface area contributed by atoms with Crippen LogP contribution >= 0.6 is 0 Å². The fraction of sp³-hybridized carbons (Fsp3) is 0.882. The van der Waals surface area contributed by atoms with Crippen LogP contribution in [0.25, 0.3) is 0 Å². The third kappa shape index (κ3) is 3.16. The maximum atomic E-state index is 11.5. The van der Waals surface area contributed by atoms with E-state index in [1.54, 1.807) is 0 Å². The average molecular weight is 357 g/mol. The van der Waals surface area contributed by atoms with Crippen LogP contribution in [0.2, 0.25) is 0 Å². The molecule has 3 fully saturated rings. The third-order valence-electron chi connectivity index (χ3n) is 5.64. The van der Waals surface area contributed by atoms with E-state index >= 15 is 0 Å². The lowest BCUT2D eigenvalue weighted by Crippen LogP contribution is -2.69. The molecular weight excluding hydrogens is 330 g/mol. The standard InChI is InChI=1S/C17H27NO7/c1-14(2)7-17(8-15(3,4)18(14)5-11-6-23-11)24-9-16(10-25-17,12(19)20)13(21)22/h11H,5-10H2,1-4H3,(H,19,20)(H,21,22). The molecule has 3 aliphatic rings. The Morgan fingerprint density at radius 1 is 1.00 bits per heavy atom. The van der Waals surface area contributed by atoms with Gasteiger partial charge in [0.1, 0.15) is 0 Å². The van der Waals surface area contributed by atoms with Crippen LogP contribution in [0.3, 0.4) is 0 Å². The van der Waals surface area contributed by atoms with Gasteiger partial charge in [0.15, 0.2) is 5.79 Å². The highest BCUT2D eigenvalue weighted by Crippen LogP contribution is 2.49. The largest absolute Gasteiger partial charge is 0.480 e. The quantitative estimate of drug-likeness (QED) is 0.565. The van der Waals surface area contributed by atoms with E-state index in [4.69, 9.17) is 14.2 Å². The van der Waals surface area contributed by atoms with Crippen molar-refractivity contribution in [3.8, 4) is 0 Å². The van der Waals surface area contributed by atoms with Crippen molar-refractivity contribution in [2.75, 3.05) is 26.4 Å². The predicted molar refractivity (Wildman–Crippen MR) is 86.2 cm³/mol. The molecule has 0 saturated carbocycles. The number of rotatable bonds is 4. The van der Waals surface area contributed by atoms with E-state index < -0.39 is 36.4 Å². The topological polar surface area (TPSA) is 109 Å². The van der Waals surface area contributed by atoms with Gasteiger partial charge >= 0.3 is 11.9 Å². The number of likely N-dealkylation sites (tertiary alicyclic amines) is 1. The number of nitrogens with zero attached hydrogens (tertiary/aromatic N) is 1. The molecule has 3 aliphatic heterocycles. The molecule has 0 aliphatic carbocycles. The zero-order valence-corrected chi connectivity index (χ0v) is 15.2.